The molecule has 0 bridgehead atoms. The monoisotopic (exact) mass is 442 g/mol. The summed E-state index contributed by atoms with van der Waals surface area (Å²) >= 11 is 0. The molecule has 1 aliphatic heterocycles. The van der Waals surface area contributed by atoms with Crippen molar-refractivity contribution in [3.05, 3.63) is 78.2 Å². The maximum absolute atomic E-state index is 13.5. The van der Waals surface area contributed by atoms with Gasteiger partial charge in [-0.25, -0.2) is 13.9 Å². The molecule has 6 nitrogen and oxygen atoms in total. The number of benzene rings is 2. The Morgan fingerprint density at radius 1 is 1.15 bits per heavy atom. The van der Waals surface area contributed by atoms with Crippen molar-refractivity contribution < 1.29 is 13.9 Å². The molecule has 3 heterocycles. The van der Waals surface area contributed by atoms with E-state index in [4.69, 9.17) is 9.47 Å². The number of rotatable bonds is 5. The van der Waals surface area contributed by atoms with E-state index < -0.39 is 0 Å². The van der Waals surface area contributed by atoms with Crippen molar-refractivity contribution >= 4 is 5.65 Å². The largest absolute Gasteiger partial charge is 0.469 e. The average molecular weight is 442 g/mol. The van der Waals surface area contributed by atoms with Crippen molar-refractivity contribution in [2.75, 3.05) is 6.54 Å². The fourth-order valence-corrected chi connectivity index (χ4v) is 3.79. The molecule has 2 aromatic heterocycles. The Morgan fingerprint density at radius 3 is 2.82 bits per heavy atom. The van der Waals surface area contributed by atoms with E-state index in [1.54, 1.807) is 22.8 Å². The minimum Gasteiger partial charge on any atom is -0.469 e. The Labute approximate surface area is 191 Å². The van der Waals surface area contributed by atoms with Crippen molar-refractivity contribution in [2.45, 2.75) is 31.9 Å². The number of aromatic nitrogens is 3. The second kappa shape index (κ2) is 9.31. The lowest BCUT2D eigenvalue weighted by Gasteiger charge is -2.14. The highest BCUT2D eigenvalue weighted by atomic mass is 19.1. The minimum absolute atomic E-state index is 0.216. The van der Waals surface area contributed by atoms with Crippen molar-refractivity contribution in [2.24, 2.45) is 0 Å². The first-order valence-corrected chi connectivity index (χ1v) is 10.9. The molecule has 1 N–H and O–H groups in total. The standard InChI is InChI=1S/C26H23FN4O2/c1-18(20-4-2-5-21(27)16-20)33-26-12-11-25-29-17-24(31(25)30-26)19-7-9-23(10-8-19)32-15-13-22-6-3-14-28-22/h2,4-5,7-12,16-18,22,28H,3,6,14H2,1H3/t18-,22+/m1/s1. The maximum atomic E-state index is 13.5. The van der Waals surface area contributed by atoms with Gasteiger partial charge in [0.05, 0.1) is 17.9 Å². The van der Waals surface area contributed by atoms with Crippen LogP contribution >= 0.6 is 0 Å². The van der Waals surface area contributed by atoms with Crippen molar-refractivity contribution in [1.82, 2.24) is 19.9 Å². The van der Waals surface area contributed by atoms with Crippen molar-refractivity contribution in [3.8, 4) is 34.9 Å². The van der Waals surface area contributed by atoms with Gasteiger partial charge in [-0.05, 0) is 80.3 Å². The zero-order chi connectivity index (χ0) is 22.6. The molecule has 5 rings (SSSR count). The molecule has 1 aliphatic rings. The van der Waals surface area contributed by atoms with Gasteiger partial charge in [0.25, 0.3) is 0 Å². The average Bonchev–Trinajstić information content (AvgIpc) is 3.49. The summed E-state index contributed by atoms with van der Waals surface area (Å²) < 4.78 is 26.8. The lowest BCUT2D eigenvalue weighted by Crippen LogP contribution is -2.18. The maximum Gasteiger partial charge on any atom is 0.232 e. The van der Waals surface area contributed by atoms with E-state index in [0.29, 0.717) is 17.3 Å². The van der Waals surface area contributed by atoms with Gasteiger partial charge in [0, 0.05) is 11.6 Å². The van der Waals surface area contributed by atoms with E-state index in [9.17, 15) is 4.39 Å². The first kappa shape index (κ1) is 21.0. The highest BCUT2D eigenvalue weighted by molar-refractivity contribution is 5.63. The zero-order valence-corrected chi connectivity index (χ0v) is 18.2. The highest BCUT2D eigenvalue weighted by Gasteiger charge is 2.13. The number of hydrogen-bond donors (Lipinski definition) is 1. The van der Waals surface area contributed by atoms with Crippen LogP contribution in [0.1, 0.15) is 31.4 Å². The summed E-state index contributed by atoms with van der Waals surface area (Å²) in [5.41, 5.74) is 3.20. The first-order chi connectivity index (χ1) is 16.2. The lowest BCUT2D eigenvalue weighted by molar-refractivity contribution is 0.214. The van der Waals surface area contributed by atoms with E-state index in [1.807, 2.05) is 43.3 Å². The Bertz CT molecular complexity index is 1320. The molecular weight excluding hydrogens is 419 g/mol. The first-order valence-electron chi connectivity index (χ1n) is 10.9. The third-order valence-corrected chi connectivity index (χ3v) is 5.57. The minimum atomic E-state index is -0.352. The van der Waals surface area contributed by atoms with E-state index in [-0.39, 0.29) is 18.0 Å². The van der Waals surface area contributed by atoms with Crippen LogP contribution in [0.3, 0.4) is 0 Å². The summed E-state index contributed by atoms with van der Waals surface area (Å²) in [4.78, 5) is 4.44. The quantitative estimate of drug-likeness (QED) is 0.452. The summed E-state index contributed by atoms with van der Waals surface area (Å²) in [5.74, 6) is 3.90. The number of nitrogens with one attached hydrogen (secondary N) is 1. The molecule has 0 amide bonds. The van der Waals surface area contributed by atoms with Gasteiger partial charge >= 0.3 is 0 Å². The van der Waals surface area contributed by atoms with Gasteiger partial charge in [0.15, 0.2) is 5.65 Å². The Hall–Kier alpha value is -3.89. The van der Waals surface area contributed by atoms with Gasteiger partial charge in [-0.15, -0.1) is 5.10 Å². The molecule has 166 valence electrons. The summed E-state index contributed by atoms with van der Waals surface area (Å²) in [7, 11) is 0. The third-order valence-electron chi connectivity index (χ3n) is 5.57. The van der Waals surface area contributed by atoms with Crippen LogP contribution in [-0.4, -0.2) is 27.2 Å². The number of nitrogens with zero attached hydrogens (tertiary/aromatic N) is 3. The van der Waals surface area contributed by atoms with Gasteiger partial charge in [0.1, 0.15) is 23.8 Å². The Balaban J connectivity index is 1.33. The summed E-state index contributed by atoms with van der Waals surface area (Å²) in [6, 6.07) is 17.8. The number of imidazole rings is 1. The second-order valence-electron chi connectivity index (χ2n) is 7.92. The molecule has 4 aromatic rings. The van der Waals surface area contributed by atoms with Gasteiger partial charge < -0.3 is 14.8 Å². The van der Waals surface area contributed by atoms with Gasteiger partial charge in [-0.2, -0.15) is 0 Å². The van der Waals surface area contributed by atoms with Crippen LogP contribution in [0.4, 0.5) is 4.39 Å². The van der Waals surface area contributed by atoms with E-state index in [2.05, 4.69) is 27.4 Å². The second-order valence-corrected chi connectivity index (χ2v) is 7.92. The molecule has 1 saturated heterocycles. The molecule has 2 atom stereocenters. The fourth-order valence-electron chi connectivity index (χ4n) is 3.79. The van der Waals surface area contributed by atoms with Crippen molar-refractivity contribution in [1.29, 1.82) is 0 Å². The summed E-state index contributed by atoms with van der Waals surface area (Å²) in [6.45, 7) is 2.87. The molecule has 0 radical (unpaired) electrons. The van der Waals surface area contributed by atoms with Crippen LogP contribution in [0.15, 0.2) is 66.9 Å². The smallest absolute Gasteiger partial charge is 0.232 e. The van der Waals surface area contributed by atoms with Crippen LogP contribution in [-0.2, 0) is 0 Å². The third kappa shape index (κ3) is 4.81. The molecule has 7 heteroatoms. The number of halogens is 1. The van der Waals surface area contributed by atoms with Crippen LogP contribution < -0.4 is 14.8 Å². The molecule has 2 aromatic carbocycles. The predicted octanol–water partition coefficient (Wildman–Crippen LogP) is 4.77. The molecule has 0 spiro atoms. The fraction of sp³-hybridized carbons (Fsp3) is 0.231. The zero-order valence-electron chi connectivity index (χ0n) is 18.2. The van der Waals surface area contributed by atoms with Crippen LogP contribution in [0.5, 0.6) is 11.6 Å². The molecular formula is C26H23FN4O2. The van der Waals surface area contributed by atoms with Crippen LogP contribution in [0.25, 0.3) is 16.9 Å². The van der Waals surface area contributed by atoms with E-state index in [1.165, 1.54) is 12.1 Å². The van der Waals surface area contributed by atoms with Crippen molar-refractivity contribution in [3.63, 3.8) is 0 Å². The molecule has 0 aliphatic carbocycles. The van der Waals surface area contributed by atoms with Gasteiger partial charge in [0.2, 0.25) is 5.88 Å². The van der Waals surface area contributed by atoms with Gasteiger partial charge in [-0.3, -0.25) is 0 Å². The number of hydrogen-bond acceptors (Lipinski definition) is 5. The lowest BCUT2D eigenvalue weighted by atomic mass is 10.1. The summed E-state index contributed by atoms with van der Waals surface area (Å²) in [5, 5.41) is 7.91. The van der Waals surface area contributed by atoms with Crippen LogP contribution in [0, 0.1) is 17.8 Å². The molecule has 0 saturated carbocycles. The summed E-state index contributed by atoms with van der Waals surface area (Å²) in [6.07, 6.45) is 6.41. The normalized spacial score (nSPS) is 16.2. The van der Waals surface area contributed by atoms with E-state index in [0.717, 1.165) is 36.2 Å². The number of fused-ring (bicyclic) bond motifs is 1. The molecule has 33 heavy (non-hydrogen) atoms. The SMILES string of the molecule is C[C@@H](Oc1ccc2ncc(-c3ccc(OC#C[C@@H]4CCCN4)cc3)n2n1)c1cccc(F)c1. The van der Waals surface area contributed by atoms with E-state index >= 15 is 0 Å². The van der Waals surface area contributed by atoms with Gasteiger partial charge in [-0.1, -0.05) is 12.1 Å². The number of ether oxygens (including phenoxy) is 2. The molecule has 0 unspecified atom stereocenters. The Kier molecular flexibility index (Phi) is 5.92. The topological polar surface area (TPSA) is 60.7 Å². The Morgan fingerprint density at radius 2 is 2.03 bits per heavy atom. The van der Waals surface area contributed by atoms with Crippen LogP contribution in [0.2, 0.25) is 0 Å². The molecule has 1 fully saturated rings. The highest BCUT2D eigenvalue weighted by Crippen LogP contribution is 2.25. The predicted molar refractivity (Wildman–Crippen MR) is 123 cm³/mol.